The summed E-state index contributed by atoms with van der Waals surface area (Å²) < 4.78 is 5.36. The molecule has 1 heterocycles. The lowest BCUT2D eigenvalue weighted by atomic mass is 9.98. The minimum absolute atomic E-state index is 0.410. The molecule has 0 bridgehead atoms. The monoisotopic (exact) mass is 297 g/mol. The molecule has 1 aliphatic heterocycles. The fraction of sp³-hybridized carbons (Fsp3) is 0.600. The summed E-state index contributed by atoms with van der Waals surface area (Å²) in [5.41, 5.74) is 1.23. The minimum Gasteiger partial charge on any atom is -0.394 e. The summed E-state index contributed by atoms with van der Waals surface area (Å²) in [6.45, 7) is 0.185. The van der Waals surface area contributed by atoms with Crippen LogP contribution in [0, 0.1) is 0 Å². The summed E-state index contributed by atoms with van der Waals surface area (Å²) in [4.78, 5) is 0. The fourth-order valence-corrected chi connectivity index (χ4v) is 2.45. The molecule has 1 aliphatic rings. The van der Waals surface area contributed by atoms with Crippen molar-refractivity contribution in [2.45, 2.75) is 43.5 Å². The van der Waals surface area contributed by atoms with Gasteiger partial charge in [0.2, 0.25) is 0 Å². The van der Waals surface area contributed by atoms with Gasteiger partial charge in [-0.2, -0.15) is 0 Å². The molecule has 6 heteroatoms. The van der Waals surface area contributed by atoms with E-state index < -0.39 is 37.3 Å². The van der Waals surface area contributed by atoms with E-state index in [1.807, 2.05) is 30.3 Å². The van der Waals surface area contributed by atoms with Crippen molar-refractivity contribution < 1.29 is 25.2 Å². The molecule has 0 amide bonds. The Balaban J connectivity index is 1.77. The van der Waals surface area contributed by atoms with Crippen molar-refractivity contribution in [1.82, 2.24) is 5.32 Å². The normalized spacial score (nSPS) is 33.0. The van der Waals surface area contributed by atoms with Crippen LogP contribution in [0.3, 0.4) is 0 Å². The van der Waals surface area contributed by atoms with Crippen molar-refractivity contribution in [2.75, 3.05) is 13.2 Å². The fourth-order valence-electron chi connectivity index (χ4n) is 2.45. The lowest BCUT2D eigenvalue weighted by Crippen LogP contribution is -2.62. The zero-order chi connectivity index (χ0) is 15.2. The first-order chi connectivity index (χ1) is 10.1. The number of aryl methyl sites for hydroxylation is 1. The van der Waals surface area contributed by atoms with Gasteiger partial charge in [0.05, 0.1) is 6.61 Å². The number of hydrogen-bond donors (Lipinski definition) is 5. The highest BCUT2D eigenvalue weighted by Crippen LogP contribution is 2.19. The van der Waals surface area contributed by atoms with Crippen molar-refractivity contribution in [3.05, 3.63) is 35.9 Å². The number of hydrogen-bond acceptors (Lipinski definition) is 6. The first-order valence-corrected chi connectivity index (χ1v) is 7.21. The SMILES string of the molecule is OC[C@H]1OC(NCCCc2ccccc2)[C@H](O)[C@@H](O)[C@@H]1O. The Hall–Kier alpha value is -1.02. The highest BCUT2D eigenvalue weighted by Gasteiger charge is 2.42. The Bertz CT molecular complexity index is 414. The predicted octanol–water partition coefficient (Wildman–Crippen LogP) is -0.991. The summed E-state index contributed by atoms with van der Waals surface area (Å²) in [6, 6.07) is 10.0. The molecule has 1 fully saturated rings. The first kappa shape index (κ1) is 16.4. The van der Waals surface area contributed by atoms with Crippen LogP contribution in [-0.2, 0) is 11.2 Å². The lowest BCUT2D eigenvalue weighted by Gasteiger charge is -2.40. The second-order valence-corrected chi connectivity index (χ2v) is 5.29. The van der Waals surface area contributed by atoms with E-state index in [9.17, 15) is 15.3 Å². The number of aliphatic hydroxyl groups is 4. The average molecular weight is 297 g/mol. The third-order valence-corrected chi connectivity index (χ3v) is 3.72. The Kier molecular flexibility index (Phi) is 6.10. The first-order valence-electron chi connectivity index (χ1n) is 7.21. The number of ether oxygens (including phenoxy) is 1. The molecule has 6 nitrogen and oxygen atoms in total. The Morgan fingerprint density at radius 1 is 1.00 bits per heavy atom. The van der Waals surface area contributed by atoms with Gasteiger partial charge in [0, 0.05) is 0 Å². The Labute approximate surface area is 124 Å². The highest BCUT2D eigenvalue weighted by atomic mass is 16.6. The van der Waals surface area contributed by atoms with Gasteiger partial charge in [0.25, 0.3) is 0 Å². The molecule has 2 rings (SSSR count). The maximum Gasteiger partial charge on any atom is 0.137 e. The number of nitrogens with one attached hydrogen (secondary N) is 1. The molecule has 0 aromatic heterocycles. The Morgan fingerprint density at radius 2 is 1.71 bits per heavy atom. The molecule has 1 unspecified atom stereocenters. The van der Waals surface area contributed by atoms with Crippen LogP contribution in [0.2, 0.25) is 0 Å². The van der Waals surface area contributed by atoms with Gasteiger partial charge in [-0.1, -0.05) is 30.3 Å². The third kappa shape index (κ3) is 4.23. The number of benzene rings is 1. The summed E-state index contributed by atoms with van der Waals surface area (Å²) in [5.74, 6) is 0. The molecular formula is C15H23NO5. The molecule has 118 valence electrons. The largest absolute Gasteiger partial charge is 0.394 e. The molecule has 1 saturated heterocycles. The molecule has 21 heavy (non-hydrogen) atoms. The topological polar surface area (TPSA) is 102 Å². The molecule has 1 aromatic carbocycles. The van der Waals surface area contributed by atoms with Crippen molar-refractivity contribution in [3.63, 3.8) is 0 Å². The smallest absolute Gasteiger partial charge is 0.137 e. The van der Waals surface area contributed by atoms with Crippen LogP contribution < -0.4 is 5.32 Å². The summed E-state index contributed by atoms with van der Waals surface area (Å²) in [5, 5.41) is 41.3. The van der Waals surface area contributed by atoms with E-state index in [1.165, 1.54) is 5.56 Å². The van der Waals surface area contributed by atoms with Gasteiger partial charge in [0.15, 0.2) is 0 Å². The molecule has 0 aliphatic carbocycles. The molecule has 0 radical (unpaired) electrons. The molecule has 0 spiro atoms. The van der Waals surface area contributed by atoms with Crippen LogP contribution in [0.15, 0.2) is 30.3 Å². The second kappa shape index (κ2) is 7.84. The van der Waals surface area contributed by atoms with Gasteiger partial charge < -0.3 is 25.2 Å². The van der Waals surface area contributed by atoms with Gasteiger partial charge in [-0.15, -0.1) is 0 Å². The predicted molar refractivity (Wildman–Crippen MR) is 76.5 cm³/mol. The van der Waals surface area contributed by atoms with E-state index >= 15 is 0 Å². The second-order valence-electron chi connectivity index (χ2n) is 5.29. The molecular weight excluding hydrogens is 274 g/mol. The van der Waals surface area contributed by atoms with Crippen LogP contribution in [0.5, 0.6) is 0 Å². The maximum absolute atomic E-state index is 9.86. The molecule has 5 atom stereocenters. The van der Waals surface area contributed by atoms with E-state index in [0.717, 1.165) is 12.8 Å². The van der Waals surface area contributed by atoms with E-state index in [2.05, 4.69) is 5.32 Å². The zero-order valence-electron chi connectivity index (χ0n) is 11.8. The highest BCUT2D eigenvalue weighted by molar-refractivity contribution is 5.14. The number of aliphatic hydroxyl groups excluding tert-OH is 4. The van der Waals surface area contributed by atoms with Crippen LogP contribution in [-0.4, -0.2) is 64.2 Å². The van der Waals surface area contributed by atoms with Gasteiger partial charge in [0.1, 0.15) is 30.6 Å². The maximum atomic E-state index is 9.86. The van der Waals surface area contributed by atoms with Crippen molar-refractivity contribution in [2.24, 2.45) is 0 Å². The lowest BCUT2D eigenvalue weighted by molar-refractivity contribution is -0.236. The molecule has 5 N–H and O–H groups in total. The quantitative estimate of drug-likeness (QED) is 0.432. The van der Waals surface area contributed by atoms with Crippen molar-refractivity contribution in [3.8, 4) is 0 Å². The summed E-state index contributed by atoms with van der Waals surface area (Å²) in [6.07, 6.45) is -3.79. The van der Waals surface area contributed by atoms with Crippen LogP contribution in [0.25, 0.3) is 0 Å². The third-order valence-electron chi connectivity index (χ3n) is 3.72. The van der Waals surface area contributed by atoms with E-state index in [-0.39, 0.29) is 0 Å². The number of rotatable bonds is 6. The van der Waals surface area contributed by atoms with Gasteiger partial charge in [-0.25, -0.2) is 0 Å². The van der Waals surface area contributed by atoms with E-state index in [1.54, 1.807) is 0 Å². The average Bonchev–Trinajstić information content (AvgIpc) is 2.52. The molecule has 1 aromatic rings. The van der Waals surface area contributed by atoms with Crippen LogP contribution in [0.4, 0.5) is 0 Å². The van der Waals surface area contributed by atoms with Gasteiger partial charge in [-0.05, 0) is 24.9 Å². The van der Waals surface area contributed by atoms with Crippen LogP contribution >= 0.6 is 0 Å². The van der Waals surface area contributed by atoms with Gasteiger partial charge in [-0.3, -0.25) is 5.32 Å². The van der Waals surface area contributed by atoms with Crippen molar-refractivity contribution in [1.29, 1.82) is 0 Å². The zero-order valence-corrected chi connectivity index (χ0v) is 11.8. The minimum atomic E-state index is -1.33. The van der Waals surface area contributed by atoms with E-state index in [0.29, 0.717) is 6.54 Å². The summed E-state index contributed by atoms with van der Waals surface area (Å²) in [7, 11) is 0. The molecule has 0 saturated carbocycles. The van der Waals surface area contributed by atoms with Gasteiger partial charge >= 0.3 is 0 Å². The summed E-state index contributed by atoms with van der Waals surface area (Å²) >= 11 is 0. The standard InChI is InChI=1S/C15H23NO5/c17-9-11-12(18)13(19)14(20)15(21-11)16-8-4-7-10-5-2-1-3-6-10/h1-3,5-6,11-20H,4,7-9H2/t11-,12-,13+,14-,15?/m1/s1. The Morgan fingerprint density at radius 3 is 2.38 bits per heavy atom. The van der Waals surface area contributed by atoms with Crippen molar-refractivity contribution >= 4 is 0 Å². The van der Waals surface area contributed by atoms with E-state index in [4.69, 9.17) is 9.84 Å². The van der Waals surface area contributed by atoms with Crippen LogP contribution in [0.1, 0.15) is 12.0 Å².